The summed E-state index contributed by atoms with van der Waals surface area (Å²) in [6, 6.07) is 7.79. The predicted molar refractivity (Wildman–Crippen MR) is 108 cm³/mol. The fourth-order valence-electron chi connectivity index (χ4n) is 4.92. The topological polar surface area (TPSA) is 32.8 Å². The number of rotatable bonds is 5. The lowest BCUT2D eigenvalue weighted by atomic mass is 9.88. The van der Waals surface area contributed by atoms with Crippen molar-refractivity contribution in [2.75, 3.05) is 32.7 Å². The quantitative estimate of drug-likeness (QED) is 0.773. The van der Waals surface area contributed by atoms with Crippen molar-refractivity contribution >= 4 is 5.91 Å². The van der Waals surface area contributed by atoms with Gasteiger partial charge in [-0.3, -0.25) is 4.79 Å². The highest BCUT2D eigenvalue weighted by atomic mass is 16.5. The van der Waals surface area contributed by atoms with Gasteiger partial charge < -0.3 is 14.5 Å². The molecule has 4 heteroatoms. The van der Waals surface area contributed by atoms with Crippen molar-refractivity contribution < 1.29 is 9.53 Å². The second-order valence-corrected chi connectivity index (χ2v) is 8.65. The van der Waals surface area contributed by atoms with Crippen molar-refractivity contribution in [3.8, 4) is 5.75 Å². The first-order valence-corrected chi connectivity index (χ1v) is 11.1. The lowest BCUT2D eigenvalue weighted by Gasteiger charge is -2.35. The molecule has 4 nitrogen and oxygen atoms in total. The van der Waals surface area contributed by atoms with E-state index >= 15 is 0 Å². The van der Waals surface area contributed by atoms with Crippen molar-refractivity contribution in [3.63, 3.8) is 0 Å². The lowest BCUT2D eigenvalue weighted by molar-refractivity contribution is 0.0792. The molecule has 3 aliphatic rings. The zero-order valence-corrected chi connectivity index (χ0v) is 16.6. The first kappa shape index (κ1) is 18.8. The Morgan fingerprint density at radius 2 is 1.52 bits per heavy atom. The molecule has 0 radical (unpaired) electrons. The number of carbonyl (C=O) groups excluding carboxylic acids is 1. The Kier molecular flexibility index (Phi) is 6.33. The zero-order valence-electron chi connectivity index (χ0n) is 16.6. The van der Waals surface area contributed by atoms with Crippen LogP contribution in [0.4, 0.5) is 0 Å². The summed E-state index contributed by atoms with van der Waals surface area (Å²) in [4.78, 5) is 17.0. The van der Waals surface area contributed by atoms with E-state index in [9.17, 15) is 4.79 Å². The number of piperidine rings is 1. The molecule has 1 amide bonds. The standard InChI is InChI=1S/C23H34N2O2/c26-23(25-14-4-5-15-25)20-8-10-21(11-9-20)27-22-12-16-24(17-13-22)18-19-6-2-1-3-7-19/h8-11,19,22H,1-7,12-18H2. The third kappa shape index (κ3) is 5.04. The van der Waals surface area contributed by atoms with Gasteiger partial charge in [-0.15, -0.1) is 0 Å². The SMILES string of the molecule is O=C(c1ccc(OC2CCN(CC3CCCCC3)CC2)cc1)N1CCCC1. The number of hydrogen-bond acceptors (Lipinski definition) is 3. The van der Waals surface area contributed by atoms with Gasteiger partial charge in [-0.05, 0) is 68.7 Å². The Balaban J connectivity index is 1.22. The molecule has 2 aliphatic heterocycles. The highest BCUT2D eigenvalue weighted by molar-refractivity contribution is 5.94. The van der Waals surface area contributed by atoms with Crippen molar-refractivity contribution in [3.05, 3.63) is 29.8 Å². The van der Waals surface area contributed by atoms with Crippen LogP contribution in [0.5, 0.6) is 5.75 Å². The molecule has 0 bridgehead atoms. The molecule has 1 aliphatic carbocycles. The van der Waals surface area contributed by atoms with E-state index in [4.69, 9.17) is 4.74 Å². The second kappa shape index (κ2) is 9.09. The summed E-state index contributed by atoms with van der Waals surface area (Å²) in [5, 5.41) is 0. The predicted octanol–water partition coefficient (Wildman–Crippen LogP) is 4.35. The minimum atomic E-state index is 0.162. The van der Waals surface area contributed by atoms with E-state index in [1.165, 1.54) is 38.6 Å². The maximum absolute atomic E-state index is 12.4. The summed E-state index contributed by atoms with van der Waals surface area (Å²) < 4.78 is 6.20. The molecule has 4 rings (SSSR count). The monoisotopic (exact) mass is 370 g/mol. The Bertz CT molecular complexity index is 595. The van der Waals surface area contributed by atoms with Crippen LogP contribution in [0.25, 0.3) is 0 Å². The van der Waals surface area contributed by atoms with E-state index in [2.05, 4.69) is 4.90 Å². The van der Waals surface area contributed by atoms with Gasteiger partial charge >= 0.3 is 0 Å². The van der Waals surface area contributed by atoms with E-state index in [0.717, 1.165) is 69.1 Å². The second-order valence-electron chi connectivity index (χ2n) is 8.65. The summed E-state index contributed by atoms with van der Waals surface area (Å²) in [5.74, 6) is 1.99. The number of likely N-dealkylation sites (tertiary alicyclic amines) is 2. The molecule has 3 fully saturated rings. The number of benzene rings is 1. The Morgan fingerprint density at radius 1 is 0.852 bits per heavy atom. The van der Waals surface area contributed by atoms with Crippen molar-refractivity contribution in [1.82, 2.24) is 9.80 Å². The van der Waals surface area contributed by atoms with Gasteiger partial charge in [0.15, 0.2) is 0 Å². The van der Waals surface area contributed by atoms with Gasteiger partial charge in [0, 0.05) is 38.3 Å². The summed E-state index contributed by atoms with van der Waals surface area (Å²) >= 11 is 0. The van der Waals surface area contributed by atoms with E-state index in [1.54, 1.807) is 0 Å². The maximum Gasteiger partial charge on any atom is 0.253 e. The van der Waals surface area contributed by atoms with Crippen LogP contribution in [0.1, 0.15) is 68.1 Å². The molecule has 1 aromatic carbocycles. The molecule has 1 saturated carbocycles. The molecule has 0 spiro atoms. The summed E-state index contributed by atoms with van der Waals surface area (Å²) in [6.45, 7) is 5.41. The molecular formula is C23H34N2O2. The fraction of sp³-hybridized carbons (Fsp3) is 0.696. The van der Waals surface area contributed by atoms with Crippen molar-refractivity contribution in [2.24, 2.45) is 5.92 Å². The van der Waals surface area contributed by atoms with E-state index in [0.29, 0.717) is 6.10 Å². The Labute approximate surface area is 163 Å². The number of ether oxygens (including phenoxy) is 1. The Hall–Kier alpha value is -1.55. The fourth-order valence-corrected chi connectivity index (χ4v) is 4.92. The normalized spacial score (nSPS) is 22.9. The van der Waals surface area contributed by atoms with E-state index < -0.39 is 0 Å². The molecule has 0 unspecified atom stereocenters. The molecule has 1 aromatic rings. The molecule has 0 N–H and O–H groups in total. The van der Waals surface area contributed by atoms with Crippen LogP contribution < -0.4 is 4.74 Å². The molecule has 0 atom stereocenters. The number of nitrogens with zero attached hydrogens (tertiary/aromatic N) is 2. The summed E-state index contributed by atoms with van der Waals surface area (Å²) in [7, 11) is 0. The molecule has 0 aromatic heterocycles. The third-order valence-electron chi connectivity index (χ3n) is 6.57. The van der Waals surface area contributed by atoms with E-state index in [1.807, 2.05) is 29.2 Å². The maximum atomic E-state index is 12.4. The average molecular weight is 371 g/mol. The van der Waals surface area contributed by atoms with Gasteiger partial charge in [0.05, 0.1) is 0 Å². The van der Waals surface area contributed by atoms with Crippen LogP contribution in [-0.4, -0.2) is 54.5 Å². The minimum Gasteiger partial charge on any atom is -0.490 e. The first-order chi connectivity index (χ1) is 13.3. The first-order valence-electron chi connectivity index (χ1n) is 11.1. The number of amides is 1. The highest BCUT2D eigenvalue weighted by Gasteiger charge is 2.24. The van der Waals surface area contributed by atoms with Crippen LogP contribution >= 0.6 is 0 Å². The van der Waals surface area contributed by atoms with Crippen LogP contribution in [0, 0.1) is 5.92 Å². The summed E-state index contributed by atoms with van der Waals surface area (Å²) in [5.41, 5.74) is 0.784. The van der Waals surface area contributed by atoms with Crippen LogP contribution in [0.3, 0.4) is 0 Å². The van der Waals surface area contributed by atoms with E-state index in [-0.39, 0.29) is 5.91 Å². The highest BCUT2D eigenvalue weighted by Crippen LogP contribution is 2.26. The number of carbonyl (C=O) groups is 1. The number of hydrogen-bond donors (Lipinski definition) is 0. The van der Waals surface area contributed by atoms with Crippen molar-refractivity contribution in [2.45, 2.75) is 63.9 Å². The van der Waals surface area contributed by atoms with Gasteiger partial charge in [0.2, 0.25) is 0 Å². The lowest BCUT2D eigenvalue weighted by Crippen LogP contribution is -2.40. The average Bonchev–Trinajstić information content (AvgIpc) is 3.25. The molecule has 2 heterocycles. The van der Waals surface area contributed by atoms with Crippen LogP contribution in [0.15, 0.2) is 24.3 Å². The molecule has 148 valence electrons. The van der Waals surface area contributed by atoms with Gasteiger partial charge in [-0.2, -0.15) is 0 Å². The van der Waals surface area contributed by atoms with Gasteiger partial charge in [-0.25, -0.2) is 0 Å². The minimum absolute atomic E-state index is 0.162. The molecule has 27 heavy (non-hydrogen) atoms. The van der Waals surface area contributed by atoms with Crippen LogP contribution in [0.2, 0.25) is 0 Å². The Morgan fingerprint density at radius 3 is 2.19 bits per heavy atom. The van der Waals surface area contributed by atoms with Crippen molar-refractivity contribution in [1.29, 1.82) is 0 Å². The van der Waals surface area contributed by atoms with Gasteiger partial charge in [0.25, 0.3) is 5.91 Å². The van der Waals surface area contributed by atoms with Gasteiger partial charge in [0.1, 0.15) is 11.9 Å². The largest absolute Gasteiger partial charge is 0.490 e. The molecule has 2 saturated heterocycles. The third-order valence-corrected chi connectivity index (χ3v) is 6.57. The smallest absolute Gasteiger partial charge is 0.253 e. The van der Waals surface area contributed by atoms with Gasteiger partial charge in [-0.1, -0.05) is 19.3 Å². The molecular weight excluding hydrogens is 336 g/mol. The van der Waals surface area contributed by atoms with Crippen LogP contribution in [-0.2, 0) is 0 Å². The zero-order chi connectivity index (χ0) is 18.5. The summed E-state index contributed by atoms with van der Waals surface area (Å²) in [6.07, 6.45) is 12.0.